The van der Waals surface area contributed by atoms with Gasteiger partial charge in [-0.3, -0.25) is 4.79 Å². The second-order valence-electron chi connectivity index (χ2n) is 4.28. The minimum absolute atomic E-state index is 0.0266. The van der Waals surface area contributed by atoms with Crippen molar-refractivity contribution in [3.05, 3.63) is 69.2 Å². The van der Waals surface area contributed by atoms with Crippen LogP contribution in [0.4, 0.5) is 0 Å². The largest absolute Gasteiger partial charge is 0.337 e. The molecule has 0 aromatic heterocycles. The predicted molar refractivity (Wildman–Crippen MR) is 81.4 cm³/mol. The molecule has 0 fully saturated rings. The Balaban J connectivity index is 2.12. The molecule has 0 saturated carbocycles. The lowest BCUT2D eigenvalue weighted by Gasteiger charge is -2.17. The first kappa shape index (κ1) is 14.1. The number of amides is 1. The van der Waals surface area contributed by atoms with Crippen LogP contribution in [0.3, 0.4) is 0 Å². The van der Waals surface area contributed by atoms with Gasteiger partial charge in [0.25, 0.3) is 5.91 Å². The fourth-order valence-corrected chi connectivity index (χ4v) is 2.27. The average Bonchev–Trinajstić information content (AvgIpc) is 2.42. The fraction of sp³-hybridized carbons (Fsp3) is 0.133. The lowest BCUT2D eigenvalue weighted by molar-refractivity contribution is 0.0785. The van der Waals surface area contributed by atoms with E-state index in [1.807, 2.05) is 30.3 Å². The normalized spacial score (nSPS) is 10.3. The molecule has 2 aromatic carbocycles. The summed E-state index contributed by atoms with van der Waals surface area (Å²) in [6, 6.07) is 15.1. The van der Waals surface area contributed by atoms with E-state index in [0.29, 0.717) is 17.1 Å². The third-order valence-electron chi connectivity index (χ3n) is 2.78. The molecule has 0 bridgehead atoms. The van der Waals surface area contributed by atoms with E-state index in [2.05, 4.69) is 15.9 Å². The molecule has 0 spiro atoms. The molecular weight excluding hydrogens is 326 g/mol. The van der Waals surface area contributed by atoms with Gasteiger partial charge in [-0.2, -0.15) is 0 Å². The summed E-state index contributed by atoms with van der Waals surface area (Å²) in [7, 11) is 1.79. The molecule has 0 radical (unpaired) electrons. The zero-order valence-corrected chi connectivity index (χ0v) is 12.8. The molecule has 0 atom stereocenters. The molecule has 19 heavy (non-hydrogen) atoms. The highest BCUT2D eigenvalue weighted by atomic mass is 79.9. The standard InChI is InChI=1S/C15H13BrClNO/c1-18(10-11-5-3-2-4-6-11)15(19)12-7-8-14(17)13(16)9-12/h2-9H,10H2,1H3. The smallest absolute Gasteiger partial charge is 0.253 e. The second-order valence-corrected chi connectivity index (χ2v) is 5.54. The van der Waals surface area contributed by atoms with Gasteiger partial charge in [-0.25, -0.2) is 0 Å². The zero-order chi connectivity index (χ0) is 13.8. The van der Waals surface area contributed by atoms with Gasteiger partial charge >= 0.3 is 0 Å². The Morgan fingerprint density at radius 1 is 1.21 bits per heavy atom. The van der Waals surface area contributed by atoms with Gasteiger partial charge in [-0.05, 0) is 39.7 Å². The minimum atomic E-state index is -0.0266. The monoisotopic (exact) mass is 337 g/mol. The van der Waals surface area contributed by atoms with Crippen molar-refractivity contribution in [2.75, 3.05) is 7.05 Å². The molecule has 98 valence electrons. The second kappa shape index (κ2) is 6.22. The van der Waals surface area contributed by atoms with E-state index in [9.17, 15) is 4.79 Å². The number of benzene rings is 2. The number of carbonyl (C=O) groups excluding carboxylic acids is 1. The summed E-state index contributed by atoms with van der Waals surface area (Å²) in [5.74, 6) is -0.0266. The Morgan fingerprint density at radius 2 is 1.89 bits per heavy atom. The summed E-state index contributed by atoms with van der Waals surface area (Å²) in [5, 5.41) is 0.599. The SMILES string of the molecule is CN(Cc1ccccc1)C(=O)c1ccc(Cl)c(Br)c1. The Kier molecular flexibility index (Phi) is 4.61. The van der Waals surface area contributed by atoms with Crippen molar-refractivity contribution < 1.29 is 4.79 Å². The first-order valence-electron chi connectivity index (χ1n) is 5.82. The van der Waals surface area contributed by atoms with Crippen LogP contribution in [0.5, 0.6) is 0 Å². The van der Waals surface area contributed by atoms with E-state index in [4.69, 9.17) is 11.6 Å². The molecule has 1 amide bonds. The van der Waals surface area contributed by atoms with Crippen molar-refractivity contribution in [3.63, 3.8) is 0 Å². The maximum absolute atomic E-state index is 12.3. The van der Waals surface area contributed by atoms with Crippen molar-refractivity contribution in [2.24, 2.45) is 0 Å². The van der Waals surface area contributed by atoms with Gasteiger partial charge in [0.1, 0.15) is 0 Å². The Hall–Kier alpha value is -1.32. The summed E-state index contributed by atoms with van der Waals surface area (Å²) >= 11 is 9.25. The van der Waals surface area contributed by atoms with Gasteiger partial charge in [-0.15, -0.1) is 0 Å². The quantitative estimate of drug-likeness (QED) is 0.813. The third kappa shape index (κ3) is 3.58. The molecule has 0 aliphatic rings. The minimum Gasteiger partial charge on any atom is -0.337 e. The van der Waals surface area contributed by atoms with Crippen LogP contribution in [0.1, 0.15) is 15.9 Å². The molecule has 0 aliphatic heterocycles. The van der Waals surface area contributed by atoms with Gasteiger partial charge in [0.15, 0.2) is 0 Å². The maximum Gasteiger partial charge on any atom is 0.253 e. The number of hydrogen-bond acceptors (Lipinski definition) is 1. The van der Waals surface area contributed by atoms with E-state index in [1.165, 1.54) is 0 Å². The van der Waals surface area contributed by atoms with Crippen molar-refractivity contribution in [1.29, 1.82) is 0 Å². The predicted octanol–water partition coefficient (Wildman–Crippen LogP) is 4.37. The third-order valence-corrected chi connectivity index (χ3v) is 3.99. The summed E-state index contributed by atoms with van der Waals surface area (Å²) in [6.45, 7) is 0.583. The Morgan fingerprint density at radius 3 is 2.53 bits per heavy atom. The molecule has 2 rings (SSSR count). The summed E-state index contributed by atoms with van der Waals surface area (Å²) in [6.07, 6.45) is 0. The van der Waals surface area contributed by atoms with E-state index in [-0.39, 0.29) is 5.91 Å². The van der Waals surface area contributed by atoms with Gasteiger partial charge in [-0.1, -0.05) is 41.9 Å². The lowest BCUT2D eigenvalue weighted by Crippen LogP contribution is -2.26. The van der Waals surface area contributed by atoms with Crippen LogP contribution in [-0.4, -0.2) is 17.9 Å². The van der Waals surface area contributed by atoms with Crippen LogP contribution in [0, 0.1) is 0 Å². The van der Waals surface area contributed by atoms with E-state index >= 15 is 0 Å². The van der Waals surface area contributed by atoms with Gasteiger partial charge in [0.2, 0.25) is 0 Å². The van der Waals surface area contributed by atoms with Gasteiger partial charge < -0.3 is 4.90 Å². The van der Waals surface area contributed by atoms with Crippen LogP contribution in [0.2, 0.25) is 5.02 Å². The number of rotatable bonds is 3. The number of halogens is 2. The van der Waals surface area contributed by atoms with Crippen molar-refractivity contribution >= 4 is 33.4 Å². The van der Waals surface area contributed by atoms with Crippen molar-refractivity contribution in [2.45, 2.75) is 6.54 Å². The molecular formula is C15H13BrClNO. The summed E-state index contributed by atoms with van der Waals surface area (Å²) in [4.78, 5) is 14.0. The highest BCUT2D eigenvalue weighted by molar-refractivity contribution is 9.10. The van der Waals surface area contributed by atoms with Crippen molar-refractivity contribution in [3.8, 4) is 0 Å². The average molecular weight is 339 g/mol. The van der Waals surface area contributed by atoms with Crippen LogP contribution >= 0.6 is 27.5 Å². The van der Waals surface area contributed by atoms with E-state index in [1.54, 1.807) is 30.1 Å². The highest BCUT2D eigenvalue weighted by Crippen LogP contribution is 2.23. The van der Waals surface area contributed by atoms with Gasteiger partial charge in [0.05, 0.1) is 5.02 Å². The molecule has 2 aromatic rings. The van der Waals surface area contributed by atoms with E-state index < -0.39 is 0 Å². The van der Waals surface area contributed by atoms with Crippen LogP contribution in [0.15, 0.2) is 53.0 Å². The van der Waals surface area contributed by atoms with Gasteiger partial charge in [0, 0.05) is 23.6 Å². The molecule has 4 heteroatoms. The molecule has 2 nitrogen and oxygen atoms in total. The first-order chi connectivity index (χ1) is 9.08. The van der Waals surface area contributed by atoms with Crippen LogP contribution in [-0.2, 0) is 6.54 Å². The number of nitrogens with zero attached hydrogens (tertiary/aromatic N) is 1. The van der Waals surface area contributed by atoms with Crippen LogP contribution in [0.25, 0.3) is 0 Å². The topological polar surface area (TPSA) is 20.3 Å². The fourth-order valence-electron chi connectivity index (χ4n) is 1.78. The first-order valence-corrected chi connectivity index (χ1v) is 6.99. The summed E-state index contributed by atoms with van der Waals surface area (Å²) < 4.78 is 0.730. The highest BCUT2D eigenvalue weighted by Gasteiger charge is 2.13. The Labute approximate surface area is 126 Å². The van der Waals surface area contributed by atoms with E-state index in [0.717, 1.165) is 10.0 Å². The number of hydrogen-bond donors (Lipinski definition) is 0. The van der Waals surface area contributed by atoms with Crippen molar-refractivity contribution in [1.82, 2.24) is 4.90 Å². The Bertz CT molecular complexity index is 586. The molecule has 0 heterocycles. The lowest BCUT2D eigenvalue weighted by atomic mass is 10.1. The molecule has 0 aliphatic carbocycles. The molecule has 0 unspecified atom stereocenters. The zero-order valence-electron chi connectivity index (χ0n) is 10.4. The summed E-state index contributed by atoms with van der Waals surface area (Å²) in [5.41, 5.74) is 1.72. The number of carbonyl (C=O) groups is 1. The molecule has 0 N–H and O–H groups in total. The molecule has 0 saturated heterocycles. The maximum atomic E-state index is 12.3. The van der Waals surface area contributed by atoms with Crippen LogP contribution < -0.4 is 0 Å².